The molecule has 100 valence electrons. The van der Waals surface area contributed by atoms with E-state index < -0.39 is 0 Å². The minimum absolute atomic E-state index is 0. The molecule has 6 heteroatoms. The number of hydrogen-bond donors (Lipinski definition) is 3. The summed E-state index contributed by atoms with van der Waals surface area (Å²) in [5.41, 5.74) is 0.454. The molecule has 2 rings (SSSR count). The molecule has 1 heterocycles. The van der Waals surface area contributed by atoms with Gasteiger partial charge < -0.3 is 15.7 Å². The molecule has 1 saturated heterocycles. The van der Waals surface area contributed by atoms with Gasteiger partial charge in [0.15, 0.2) is 0 Å². The predicted molar refractivity (Wildman–Crippen MR) is 77.3 cm³/mol. The minimum atomic E-state index is -0.0365. The lowest BCUT2D eigenvalue weighted by atomic mass is 9.99. The second kappa shape index (κ2) is 6.97. The van der Waals surface area contributed by atoms with E-state index in [1.165, 1.54) is 0 Å². The van der Waals surface area contributed by atoms with Crippen molar-refractivity contribution in [1.82, 2.24) is 5.32 Å². The van der Waals surface area contributed by atoms with Crippen LogP contribution in [0.3, 0.4) is 0 Å². The highest BCUT2D eigenvalue weighted by molar-refractivity contribution is 9.10. The molecule has 18 heavy (non-hydrogen) atoms. The first-order valence-electron chi connectivity index (χ1n) is 5.67. The number of halogens is 2. The fraction of sp³-hybridized carbons (Fsp3) is 0.417. The van der Waals surface area contributed by atoms with Crippen LogP contribution in [-0.4, -0.2) is 24.1 Å². The molecule has 1 amide bonds. The maximum atomic E-state index is 12.0. The highest BCUT2D eigenvalue weighted by Crippen LogP contribution is 2.27. The Balaban J connectivity index is 0.00000162. The van der Waals surface area contributed by atoms with Crippen molar-refractivity contribution in [2.24, 2.45) is 5.92 Å². The van der Waals surface area contributed by atoms with Gasteiger partial charge in [0.05, 0.1) is 11.6 Å². The summed E-state index contributed by atoms with van der Waals surface area (Å²) in [6, 6.07) is 4.98. The number of amides is 1. The third-order valence-electron chi connectivity index (χ3n) is 2.88. The van der Waals surface area contributed by atoms with Gasteiger partial charge in [-0.25, -0.2) is 0 Å². The van der Waals surface area contributed by atoms with Crippen molar-refractivity contribution >= 4 is 39.9 Å². The Morgan fingerprint density at radius 3 is 2.94 bits per heavy atom. The van der Waals surface area contributed by atoms with E-state index in [4.69, 9.17) is 0 Å². The average Bonchev–Trinajstić information content (AvgIpc) is 2.35. The predicted octanol–water partition coefficient (Wildman–Crippen LogP) is 2.51. The zero-order valence-corrected chi connectivity index (χ0v) is 12.2. The Bertz CT molecular complexity index is 423. The Morgan fingerprint density at radius 2 is 2.28 bits per heavy atom. The van der Waals surface area contributed by atoms with Gasteiger partial charge in [-0.1, -0.05) is 15.9 Å². The van der Waals surface area contributed by atoms with Crippen LogP contribution in [0.15, 0.2) is 22.7 Å². The van der Waals surface area contributed by atoms with E-state index in [0.29, 0.717) is 12.2 Å². The van der Waals surface area contributed by atoms with Crippen molar-refractivity contribution in [3.8, 4) is 5.75 Å². The molecule has 1 aromatic carbocycles. The summed E-state index contributed by atoms with van der Waals surface area (Å²) in [6.07, 6.45) is 1.91. The van der Waals surface area contributed by atoms with E-state index in [-0.39, 0.29) is 30.0 Å². The number of carbonyl (C=O) groups is 1. The standard InChI is InChI=1S/C12H15BrN2O2.ClH/c13-9-3-4-11(16)10(6-9)15-12(17)8-2-1-5-14-7-8;/h3-4,6,8,14,16H,1-2,5,7H2,(H,15,17);1H. The highest BCUT2D eigenvalue weighted by atomic mass is 79.9. The fourth-order valence-corrected chi connectivity index (χ4v) is 2.28. The summed E-state index contributed by atoms with van der Waals surface area (Å²) in [6.45, 7) is 1.69. The molecule has 1 aliphatic rings. The molecule has 1 aromatic rings. The highest BCUT2D eigenvalue weighted by Gasteiger charge is 2.21. The lowest BCUT2D eigenvalue weighted by Gasteiger charge is -2.22. The van der Waals surface area contributed by atoms with Crippen LogP contribution in [0.1, 0.15) is 12.8 Å². The Labute approximate surface area is 121 Å². The number of rotatable bonds is 2. The molecule has 0 aliphatic carbocycles. The molecule has 0 saturated carbocycles. The molecule has 0 aromatic heterocycles. The first-order valence-corrected chi connectivity index (χ1v) is 6.46. The molecule has 0 radical (unpaired) electrons. The van der Waals surface area contributed by atoms with Crippen molar-refractivity contribution < 1.29 is 9.90 Å². The third-order valence-corrected chi connectivity index (χ3v) is 3.38. The van der Waals surface area contributed by atoms with E-state index in [1.54, 1.807) is 18.2 Å². The van der Waals surface area contributed by atoms with Gasteiger partial charge in [-0.05, 0) is 37.6 Å². The smallest absolute Gasteiger partial charge is 0.228 e. The summed E-state index contributed by atoms with van der Waals surface area (Å²) in [5.74, 6) is 0.0399. The van der Waals surface area contributed by atoms with Crippen molar-refractivity contribution in [3.05, 3.63) is 22.7 Å². The summed E-state index contributed by atoms with van der Waals surface area (Å²) in [5, 5.41) is 15.6. The topological polar surface area (TPSA) is 61.4 Å². The van der Waals surface area contributed by atoms with Crippen LogP contribution in [-0.2, 0) is 4.79 Å². The van der Waals surface area contributed by atoms with Gasteiger partial charge in [-0.15, -0.1) is 12.4 Å². The number of phenols is 1. The molecule has 1 aliphatic heterocycles. The van der Waals surface area contributed by atoms with Gasteiger partial charge in [0.2, 0.25) is 5.91 Å². The molecule has 1 fully saturated rings. The zero-order chi connectivity index (χ0) is 12.3. The van der Waals surface area contributed by atoms with E-state index in [0.717, 1.165) is 23.9 Å². The van der Waals surface area contributed by atoms with Crippen LogP contribution in [0.5, 0.6) is 5.75 Å². The van der Waals surface area contributed by atoms with E-state index in [9.17, 15) is 9.90 Å². The Hall–Kier alpha value is -0.780. The monoisotopic (exact) mass is 334 g/mol. The largest absolute Gasteiger partial charge is 0.506 e. The number of phenolic OH excluding ortho intramolecular Hbond substituents is 1. The van der Waals surface area contributed by atoms with Crippen LogP contribution in [0.2, 0.25) is 0 Å². The van der Waals surface area contributed by atoms with Crippen LogP contribution < -0.4 is 10.6 Å². The molecule has 1 atom stereocenters. The summed E-state index contributed by atoms with van der Waals surface area (Å²) >= 11 is 3.31. The SMILES string of the molecule is Cl.O=C(Nc1cc(Br)ccc1O)C1CCCNC1. The van der Waals surface area contributed by atoms with E-state index in [2.05, 4.69) is 26.6 Å². The number of aromatic hydroxyl groups is 1. The zero-order valence-electron chi connectivity index (χ0n) is 9.78. The van der Waals surface area contributed by atoms with Gasteiger partial charge in [0, 0.05) is 11.0 Å². The molecular formula is C12H16BrClN2O2. The Kier molecular flexibility index (Phi) is 5.91. The number of piperidine rings is 1. The first kappa shape index (κ1) is 15.3. The number of carbonyl (C=O) groups excluding carboxylic acids is 1. The van der Waals surface area contributed by atoms with Crippen LogP contribution in [0.25, 0.3) is 0 Å². The number of anilines is 1. The summed E-state index contributed by atoms with van der Waals surface area (Å²) in [7, 11) is 0. The van der Waals surface area contributed by atoms with Gasteiger partial charge >= 0.3 is 0 Å². The lowest BCUT2D eigenvalue weighted by Crippen LogP contribution is -2.37. The first-order chi connectivity index (χ1) is 8.16. The summed E-state index contributed by atoms with van der Waals surface area (Å²) in [4.78, 5) is 12.0. The minimum Gasteiger partial charge on any atom is -0.506 e. The number of hydrogen-bond acceptors (Lipinski definition) is 3. The van der Waals surface area contributed by atoms with Gasteiger partial charge in [0.1, 0.15) is 5.75 Å². The van der Waals surface area contributed by atoms with E-state index in [1.807, 2.05) is 0 Å². The van der Waals surface area contributed by atoms with Crippen LogP contribution in [0, 0.1) is 5.92 Å². The van der Waals surface area contributed by atoms with Gasteiger partial charge in [-0.2, -0.15) is 0 Å². The molecule has 3 N–H and O–H groups in total. The fourth-order valence-electron chi connectivity index (χ4n) is 1.92. The van der Waals surface area contributed by atoms with Crippen molar-refractivity contribution in [3.63, 3.8) is 0 Å². The summed E-state index contributed by atoms with van der Waals surface area (Å²) < 4.78 is 0.826. The van der Waals surface area contributed by atoms with E-state index >= 15 is 0 Å². The molecule has 0 bridgehead atoms. The normalized spacial score (nSPS) is 18.8. The van der Waals surface area contributed by atoms with Crippen LogP contribution in [0.4, 0.5) is 5.69 Å². The van der Waals surface area contributed by atoms with Gasteiger partial charge in [-0.3, -0.25) is 4.79 Å². The second-order valence-electron chi connectivity index (χ2n) is 4.19. The quantitative estimate of drug-likeness (QED) is 0.728. The van der Waals surface area contributed by atoms with Crippen molar-refractivity contribution in [2.45, 2.75) is 12.8 Å². The molecule has 0 spiro atoms. The maximum absolute atomic E-state index is 12.0. The van der Waals surface area contributed by atoms with Gasteiger partial charge in [0.25, 0.3) is 0 Å². The van der Waals surface area contributed by atoms with Crippen molar-refractivity contribution in [2.75, 3.05) is 18.4 Å². The third kappa shape index (κ3) is 3.86. The molecular weight excluding hydrogens is 320 g/mol. The Morgan fingerprint density at radius 1 is 1.50 bits per heavy atom. The molecule has 1 unspecified atom stereocenters. The lowest BCUT2D eigenvalue weighted by molar-refractivity contribution is -0.120. The molecule has 4 nitrogen and oxygen atoms in total. The number of nitrogens with one attached hydrogen (secondary N) is 2. The maximum Gasteiger partial charge on any atom is 0.228 e. The second-order valence-corrected chi connectivity index (χ2v) is 5.11. The van der Waals surface area contributed by atoms with Crippen LogP contribution >= 0.6 is 28.3 Å². The average molecular weight is 336 g/mol. The van der Waals surface area contributed by atoms with Crippen molar-refractivity contribution in [1.29, 1.82) is 0 Å². The number of benzene rings is 1.